The molecule has 1 spiro atoms. The predicted octanol–water partition coefficient (Wildman–Crippen LogP) is 5.37. The molecule has 0 saturated heterocycles. The lowest BCUT2D eigenvalue weighted by atomic mass is 9.79. The third-order valence-electron chi connectivity index (χ3n) is 5.48. The maximum atomic E-state index is 6.63. The molecule has 5 nitrogen and oxygen atoms in total. The van der Waals surface area contributed by atoms with Gasteiger partial charge < -0.3 is 5.43 Å². The molecule has 2 aromatic carbocycles. The summed E-state index contributed by atoms with van der Waals surface area (Å²) in [5.74, 6) is 7.44. The number of hydrogen-bond acceptors (Lipinski definition) is 5. The lowest BCUT2D eigenvalue weighted by Gasteiger charge is -2.48. The smallest absolute Gasteiger partial charge is 0.144 e. The first-order valence-electron chi connectivity index (χ1n) is 9.36. The van der Waals surface area contributed by atoms with E-state index in [1.807, 2.05) is 29.3 Å². The number of nitrogens with one attached hydrogen (secondary N) is 2. The van der Waals surface area contributed by atoms with Crippen LogP contribution in [0.5, 0.6) is 0 Å². The van der Waals surface area contributed by atoms with Crippen molar-refractivity contribution in [1.82, 2.24) is 10.9 Å². The Kier molecular flexibility index (Phi) is 5.72. The Hall–Kier alpha value is -1.50. The zero-order valence-corrected chi connectivity index (χ0v) is 17.6. The van der Waals surface area contributed by atoms with Crippen molar-refractivity contribution in [2.24, 2.45) is 10.8 Å². The molecular weight excluding hydrogens is 417 g/mol. The molecule has 148 valence electrons. The molecule has 4 rings (SSSR count). The van der Waals surface area contributed by atoms with Gasteiger partial charge in [-0.25, -0.2) is 16.3 Å². The molecule has 0 radical (unpaired) electrons. The number of rotatable bonds is 3. The normalized spacial score (nSPS) is 18.0. The van der Waals surface area contributed by atoms with Crippen LogP contribution in [0.2, 0.25) is 15.1 Å². The first-order chi connectivity index (χ1) is 13.5. The van der Waals surface area contributed by atoms with Crippen molar-refractivity contribution in [3.8, 4) is 0 Å². The van der Waals surface area contributed by atoms with Crippen LogP contribution in [0.1, 0.15) is 37.7 Å². The van der Waals surface area contributed by atoms with Gasteiger partial charge in [0.25, 0.3) is 0 Å². The van der Waals surface area contributed by atoms with Crippen LogP contribution in [0.15, 0.2) is 41.4 Å². The number of benzene rings is 2. The van der Waals surface area contributed by atoms with E-state index in [1.165, 1.54) is 6.42 Å². The summed E-state index contributed by atoms with van der Waals surface area (Å²) in [6, 6.07) is 11.3. The van der Waals surface area contributed by atoms with Crippen molar-refractivity contribution < 1.29 is 0 Å². The molecule has 2 aliphatic rings. The topological polar surface area (TPSA) is 65.7 Å². The molecule has 0 aromatic heterocycles. The van der Waals surface area contributed by atoms with E-state index in [0.717, 1.165) is 42.8 Å². The van der Waals surface area contributed by atoms with Crippen LogP contribution in [-0.4, -0.2) is 11.4 Å². The third kappa shape index (κ3) is 3.70. The summed E-state index contributed by atoms with van der Waals surface area (Å²) in [5, 5.41) is 3.47. The summed E-state index contributed by atoms with van der Waals surface area (Å²) in [7, 11) is 0. The van der Waals surface area contributed by atoms with Crippen molar-refractivity contribution in [3.05, 3.63) is 57.0 Å². The van der Waals surface area contributed by atoms with Crippen LogP contribution in [0.3, 0.4) is 0 Å². The summed E-state index contributed by atoms with van der Waals surface area (Å²) in [6.45, 7) is 0.606. The van der Waals surface area contributed by atoms with Crippen LogP contribution in [0.25, 0.3) is 0 Å². The Bertz CT molecular complexity index is 909. The Morgan fingerprint density at radius 2 is 1.79 bits per heavy atom. The number of amidine groups is 1. The maximum Gasteiger partial charge on any atom is 0.144 e. The number of anilines is 1. The average molecular weight is 439 g/mol. The van der Waals surface area contributed by atoms with Crippen LogP contribution in [0, 0.1) is 0 Å². The molecule has 4 N–H and O–H groups in total. The van der Waals surface area contributed by atoms with Gasteiger partial charge in [0, 0.05) is 11.6 Å². The fourth-order valence-electron chi connectivity index (χ4n) is 4.01. The minimum atomic E-state index is -0.385. The molecule has 2 aromatic rings. The van der Waals surface area contributed by atoms with Gasteiger partial charge in [0.2, 0.25) is 0 Å². The highest BCUT2D eigenvalue weighted by Gasteiger charge is 2.45. The number of hydrogen-bond donors (Lipinski definition) is 3. The molecule has 1 fully saturated rings. The van der Waals surface area contributed by atoms with Gasteiger partial charge in [-0.05, 0) is 42.7 Å². The van der Waals surface area contributed by atoms with Gasteiger partial charge in [-0.1, -0.05) is 66.2 Å². The summed E-state index contributed by atoms with van der Waals surface area (Å²) >= 11 is 18.5. The van der Waals surface area contributed by atoms with Crippen molar-refractivity contribution in [2.75, 3.05) is 5.01 Å². The highest BCUT2D eigenvalue weighted by Crippen LogP contribution is 2.45. The van der Waals surface area contributed by atoms with Gasteiger partial charge in [-0.3, -0.25) is 5.01 Å². The molecule has 1 saturated carbocycles. The SMILES string of the molecule is NN1c2cc(Cl)c(Cl)cc2N=C(NNCc2cccc(Cl)c2)C12CCCCC2. The van der Waals surface area contributed by atoms with Crippen molar-refractivity contribution in [3.63, 3.8) is 0 Å². The van der Waals surface area contributed by atoms with E-state index < -0.39 is 0 Å². The first-order valence-corrected chi connectivity index (χ1v) is 10.5. The quantitative estimate of drug-likeness (QED) is 0.445. The van der Waals surface area contributed by atoms with Crippen LogP contribution in [0.4, 0.5) is 11.4 Å². The number of aliphatic imine (C=N–C) groups is 1. The van der Waals surface area contributed by atoms with E-state index >= 15 is 0 Å². The number of hydrazine groups is 2. The summed E-state index contributed by atoms with van der Waals surface area (Å²) < 4.78 is 0. The van der Waals surface area contributed by atoms with E-state index in [2.05, 4.69) is 10.9 Å². The zero-order chi connectivity index (χ0) is 19.7. The number of nitrogens with two attached hydrogens (primary N) is 1. The number of nitrogens with zero attached hydrogens (tertiary/aromatic N) is 2. The molecular formula is C20H22Cl3N5. The van der Waals surface area contributed by atoms with Gasteiger partial charge in [0.1, 0.15) is 11.4 Å². The largest absolute Gasteiger partial charge is 0.307 e. The lowest BCUT2D eigenvalue weighted by Crippen LogP contribution is -2.65. The molecule has 0 atom stereocenters. The van der Waals surface area contributed by atoms with Gasteiger partial charge in [0.15, 0.2) is 0 Å². The molecule has 8 heteroatoms. The minimum absolute atomic E-state index is 0.385. The minimum Gasteiger partial charge on any atom is -0.307 e. The molecule has 0 amide bonds. The fraction of sp³-hybridized carbons (Fsp3) is 0.350. The highest BCUT2D eigenvalue weighted by molar-refractivity contribution is 6.42. The molecule has 1 aliphatic heterocycles. The van der Waals surface area contributed by atoms with Crippen LogP contribution in [-0.2, 0) is 6.54 Å². The van der Waals surface area contributed by atoms with Gasteiger partial charge in [-0.15, -0.1) is 0 Å². The van der Waals surface area contributed by atoms with Crippen molar-refractivity contribution >= 4 is 52.0 Å². The number of fused-ring (bicyclic) bond motifs is 1. The van der Waals surface area contributed by atoms with E-state index in [9.17, 15) is 0 Å². The van der Waals surface area contributed by atoms with Crippen molar-refractivity contribution in [1.29, 1.82) is 0 Å². The van der Waals surface area contributed by atoms with Crippen LogP contribution >= 0.6 is 34.8 Å². The Morgan fingerprint density at radius 1 is 1.04 bits per heavy atom. The Labute approximate surface area is 179 Å². The summed E-state index contributed by atoms with van der Waals surface area (Å²) in [6.07, 6.45) is 5.24. The fourth-order valence-corrected chi connectivity index (χ4v) is 4.54. The third-order valence-corrected chi connectivity index (χ3v) is 6.44. The first kappa shape index (κ1) is 19.8. The zero-order valence-electron chi connectivity index (χ0n) is 15.3. The molecule has 1 aliphatic carbocycles. The molecule has 0 bridgehead atoms. The predicted molar refractivity (Wildman–Crippen MR) is 117 cm³/mol. The van der Waals surface area contributed by atoms with E-state index in [-0.39, 0.29) is 5.54 Å². The second kappa shape index (κ2) is 8.09. The van der Waals surface area contributed by atoms with Gasteiger partial charge >= 0.3 is 0 Å². The summed E-state index contributed by atoms with van der Waals surface area (Å²) in [5.41, 5.74) is 8.79. The molecule has 1 heterocycles. The maximum absolute atomic E-state index is 6.63. The standard InChI is InChI=1S/C20H22Cl3N5/c21-14-6-4-5-13(9-14)12-25-27-19-20(7-2-1-3-8-20)28(24)18-11-16(23)15(22)10-17(18)26-19/h4-6,9-11,25H,1-3,7-8,12,24H2,(H,26,27). The van der Waals surface area contributed by atoms with Gasteiger partial charge in [0.05, 0.1) is 21.4 Å². The number of halogens is 3. The Balaban J connectivity index is 1.63. The summed E-state index contributed by atoms with van der Waals surface area (Å²) in [4.78, 5) is 4.88. The van der Waals surface area contributed by atoms with E-state index in [1.54, 1.807) is 12.1 Å². The highest BCUT2D eigenvalue weighted by atomic mass is 35.5. The molecule has 28 heavy (non-hydrogen) atoms. The van der Waals surface area contributed by atoms with Crippen LogP contribution < -0.4 is 21.7 Å². The lowest BCUT2D eigenvalue weighted by molar-refractivity contribution is 0.344. The average Bonchev–Trinajstić information content (AvgIpc) is 2.69. The monoisotopic (exact) mass is 437 g/mol. The van der Waals surface area contributed by atoms with Crippen molar-refractivity contribution in [2.45, 2.75) is 44.2 Å². The Morgan fingerprint density at radius 3 is 2.54 bits per heavy atom. The van der Waals surface area contributed by atoms with E-state index in [4.69, 9.17) is 45.6 Å². The van der Waals surface area contributed by atoms with E-state index in [0.29, 0.717) is 27.3 Å². The molecule has 0 unspecified atom stereocenters. The second-order valence-corrected chi connectivity index (χ2v) is 8.54. The van der Waals surface area contributed by atoms with Gasteiger partial charge in [-0.2, -0.15) is 0 Å². The second-order valence-electron chi connectivity index (χ2n) is 7.29.